The first-order valence-corrected chi connectivity index (χ1v) is 14.7. The lowest BCUT2D eigenvalue weighted by molar-refractivity contribution is -0.144. The summed E-state index contributed by atoms with van der Waals surface area (Å²) >= 11 is 0. The number of carboxylic acid groups (broad SMARTS) is 1. The average molecular weight is 558 g/mol. The van der Waals surface area contributed by atoms with Crippen LogP contribution >= 0.6 is 0 Å². The number of anilines is 1. The minimum absolute atomic E-state index is 0.0458. The van der Waals surface area contributed by atoms with Crippen LogP contribution < -0.4 is 16.0 Å². The van der Waals surface area contributed by atoms with Crippen LogP contribution in [0.15, 0.2) is 41.3 Å². The van der Waals surface area contributed by atoms with Gasteiger partial charge in [0.1, 0.15) is 11.9 Å². The molecule has 4 rings (SSSR count). The van der Waals surface area contributed by atoms with E-state index in [2.05, 4.69) is 27.0 Å². The molecule has 0 radical (unpaired) electrons. The quantitative estimate of drug-likeness (QED) is 0.286. The maximum absolute atomic E-state index is 12.7. The van der Waals surface area contributed by atoms with Gasteiger partial charge in [-0.2, -0.15) is 4.31 Å². The molecule has 1 fully saturated rings. The zero-order valence-electron chi connectivity index (χ0n) is 22.0. The Morgan fingerprint density at radius 2 is 1.97 bits per heavy atom. The van der Waals surface area contributed by atoms with Crippen molar-refractivity contribution in [3.63, 3.8) is 0 Å². The van der Waals surface area contributed by atoms with Gasteiger partial charge in [-0.1, -0.05) is 18.2 Å². The molecule has 2 aromatic rings. The summed E-state index contributed by atoms with van der Waals surface area (Å²) in [5, 5.41) is 17.9. The fourth-order valence-corrected chi connectivity index (χ4v) is 6.28. The molecule has 2 aliphatic rings. The third-order valence-electron chi connectivity index (χ3n) is 6.98. The molecule has 1 aromatic carbocycles. The van der Waals surface area contributed by atoms with Crippen molar-refractivity contribution in [1.82, 2.24) is 19.9 Å². The number of hydrogen-bond donors (Lipinski definition) is 4. The summed E-state index contributed by atoms with van der Waals surface area (Å²) in [5.74, 6) is -2.11. The molecule has 4 N–H and O–H groups in total. The predicted octanol–water partition coefficient (Wildman–Crippen LogP) is 1.47. The number of rotatable bonds is 12. The van der Waals surface area contributed by atoms with Gasteiger partial charge in [0.2, 0.25) is 21.8 Å². The van der Waals surface area contributed by atoms with E-state index < -0.39 is 46.2 Å². The van der Waals surface area contributed by atoms with E-state index in [1.54, 1.807) is 25.1 Å². The predicted molar refractivity (Wildman–Crippen MR) is 145 cm³/mol. The number of pyridine rings is 1. The van der Waals surface area contributed by atoms with E-state index >= 15 is 0 Å². The fraction of sp³-hybridized carbons (Fsp3) is 0.481. The van der Waals surface area contributed by atoms with E-state index in [1.807, 2.05) is 6.07 Å². The van der Waals surface area contributed by atoms with E-state index in [-0.39, 0.29) is 18.0 Å². The summed E-state index contributed by atoms with van der Waals surface area (Å²) in [5.41, 5.74) is 3.03. The molecule has 3 heterocycles. The second kappa shape index (κ2) is 12.6. The van der Waals surface area contributed by atoms with Crippen LogP contribution in [0, 0.1) is 12.8 Å². The molecule has 39 heavy (non-hydrogen) atoms. The smallest absolute Gasteiger partial charge is 0.326 e. The Kier molecular flexibility index (Phi) is 9.18. The molecule has 210 valence electrons. The van der Waals surface area contributed by atoms with Crippen LogP contribution in [0.5, 0.6) is 0 Å². The molecule has 0 bridgehead atoms. The molecular weight excluding hydrogens is 522 g/mol. The SMILES string of the molecule is Cc1cccc(S(=O)(=O)N2CC(C(=O)NC(CC(=O)NCCCCc3ccc4c(n3)NCCC4)C(=O)O)C2)c1. The van der Waals surface area contributed by atoms with Gasteiger partial charge < -0.3 is 21.1 Å². The standard InChI is InChI=1S/C27H35N5O6S/c1-18-6-4-9-22(14-18)39(37,38)32-16-20(17-32)26(34)31-23(27(35)36)15-24(33)28-12-3-2-8-21-11-10-19-7-5-13-29-25(19)30-21/h4,6,9-11,14,20,23H,2-3,5,7-8,12-13,15-17H2,1H3,(H,28,33)(H,29,30)(H,31,34)(H,35,36). The Morgan fingerprint density at radius 3 is 2.72 bits per heavy atom. The number of nitrogens with one attached hydrogen (secondary N) is 3. The van der Waals surface area contributed by atoms with Crippen LogP contribution in [0.1, 0.15) is 42.5 Å². The maximum Gasteiger partial charge on any atom is 0.326 e. The Morgan fingerprint density at radius 1 is 1.18 bits per heavy atom. The lowest BCUT2D eigenvalue weighted by Gasteiger charge is -2.37. The monoisotopic (exact) mass is 557 g/mol. The van der Waals surface area contributed by atoms with Gasteiger partial charge in [0.25, 0.3) is 0 Å². The van der Waals surface area contributed by atoms with Crippen LogP contribution in [0.25, 0.3) is 0 Å². The number of hydrogen-bond acceptors (Lipinski definition) is 7. The van der Waals surface area contributed by atoms with Crippen molar-refractivity contribution in [2.45, 2.75) is 56.4 Å². The number of sulfonamides is 1. The van der Waals surface area contributed by atoms with Gasteiger partial charge >= 0.3 is 5.97 Å². The summed E-state index contributed by atoms with van der Waals surface area (Å²) in [6.07, 6.45) is 4.03. The van der Waals surface area contributed by atoms with Crippen molar-refractivity contribution in [2.24, 2.45) is 5.92 Å². The highest BCUT2D eigenvalue weighted by Crippen LogP contribution is 2.26. The number of carboxylic acids is 1. The van der Waals surface area contributed by atoms with Crippen molar-refractivity contribution >= 4 is 33.6 Å². The fourth-order valence-electron chi connectivity index (χ4n) is 4.64. The molecule has 1 atom stereocenters. The topological polar surface area (TPSA) is 158 Å². The Labute approximate surface area is 228 Å². The van der Waals surface area contributed by atoms with E-state index in [9.17, 15) is 27.9 Å². The zero-order chi connectivity index (χ0) is 28.0. The molecule has 1 aromatic heterocycles. The Hall–Kier alpha value is -3.51. The highest BCUT2D eigenvalue weighted by Gasteiger charge is 2.41. The Balaban J connectivity index is 1.17. The highest BCUT2D eigenvalue weighted by atomic mass is 32.2. The van der Waals surface area contributed by atoms with Crippen LogP contribution in [-0.2, 0) is 37.2 Å². The normalized spacial score (nSPS) is 16.3. The number of aliphatic carboxylic acids is 1. The zero-order valence-corrected chi connectivity index (χ0v) is 22.8. The van der Waals surface area contributed by atoms with E-state index in [0.717, 1.165) is 49.3 Å². The largest absolute Gasteiger partial charge is 0.480 e. The Bertz CT molecular complexity index is 1330. The first-order valence-electron chi connectivity index (χ1n) is 13.2. The summed E-state index contributed by atoms with van der Waals surface area (Å²) in [7, 11) is -3.73. The lowest BCUT2D eigenvalue weighted by Crippen LogP contribution is -2.57. The summed E-state index contributed by atoms with van der Waals surface area (Å²) in [6.45, 7) is 3.02. The summed E-state index contributed by atoms with van der Waals surface area (Å²) in [4.78, 5) is 41.4. The third kappa shape index (κ3) is 7.33. The molecule has 11 nitrogen and oxygen atoms in total. The van der Waals surface area contributed by atoms with Gasteiger partial charge in [-0.15, -0.1) is 0 Å². The first-order chi connectivity index (χ1) is 18.6. The van der Waals surface area contributed by atoms with Gasteiger partial charge in [0, 0.05) is 31.9 Å². The summed E-state index contributed by atoms with van der Waals surface area (Å²) in [6, 6.07) is 9.24. The van der Waals surface area contributed by atoms with Gasteiger partial charge in [-0.25, -0.2) is 18.2 Å². The van der Waals surface area contributed by atoms with Crippen LogP contribution in [0.4, 0.5) is 5.82 Å². The van der Waals surface area contributed by atoms with E-state index in [4.69, 9.17) is 0 Å². The lowest BCUT2D eigenvalue weighted by atomic mass is 10.0. The highest BCUT2D eigenvalue weighted by molar-refractivity contribution is 7.89. The minimum atomic E-state index is -3.73. The van der Waals surface area contributed by atoms with Crippen molar-refractivity contribution in [1.29, 1.82) is 0 Å². The first kappa shape index (κ1) is 28.5. The van der Waals surface area contributed by atoms with Gasteiger partial charge in [-0.05, 0) is 68.4 Å². The molecule has 1 unspecified atom stereocenters. The molecule has 1 saturated heterocycles. The van der Waals surface area contributed by atoms with Crippen molar-refractivity contribution in [3.8, 4) is 0 Å². The van der Waals surface area contributed by atoms with E-state index in [0.29, 0.717) is 13.0 Å². The number of benzene rings is 1. The molecule has 0 saturated carbocycles. The van der Waals surface area contributed by atoms with Crippen molar-refractivity contribution < 1.29 is 27.9 Å². The minimum Gasteiger partial charge on any atom is -0.480 e. The number of aryl methyl sites for hydroxylation is 3. The number of aromatic nitrogens is 1. The van der Waals surface area contributed by atoms with Gasteiger partial charge in [0.05, 0.1) is 17.2 Å². The molecule has 2 aliphatic heterocycles. The molecular formula is C27H35N5O6S. The summed E-state index contributed by atoms with van der Waals surface area (Å²) < 4.78 is 26.7. The number of fused-ring (bicyclic) bond motifs is 1. The molecule has 0 aliphatic carbocycles. The second-order valence-electron chi connectivity index (χ2n) is 10.1. The molecule has 2 amide bonds. The van der Waals surface area contributed by atoms with Crippen LogP contribution in [-0.4, -0.2) is 72.8 Å². The number of amides is 2. The van der Waals surface area contributed by atoms with Crippen molar-refractivity contribution in [2.75, 3.05) is 31.5 Å². The number of carbonyl (C=O) groups excluding carboxylic acids is 2. The third-order valence-corrected chi connectivity index (χ3v) is 8.81. The van der Waals surface area contributed by atoms with Gasteiger partial charge in [-0.3, -0.25) is 9.59 Å². The van der Waals surface area contributed by atoms with Crippen LogP contribution in [0.3, 0.4) is 0 Å². The number of carbonyl (C=O) groups is 3. The number of unbranched alkanes of at least 4 members (excludes halogenated alkanes) is 1. The molecule has 0 spiro atoms. The van der Waals surface area contributed by atoms with Crippen molar-refractivity contribution in [3.05, 3.63) is 53.2 Å². The number of nitrogens with zero attached hydrogens (tertiary/aromatic N) is 2. The molecule has 12 heteroatoms. The average Bonchev–Trinajstić information content (AvgIpc) is 2.87. The second-order valence-corrected chi connectivity index (χ2v) is 12.0. The van der Waals surface area contributed by atoms with E-state index in [1.165, 1.54) is 15.9 Å². The van der Waals surface area contributed by atoms with Gasteiger partial charge in [0.15, 0.2) is 0 Å². The van der Waals surface area contributed by atoms with Crippen LogP contribution in [0.2, 0.25) is 0 Å². The maximum atomic E-state index is 12.7.